The van der Waals surface area contributed by atoms with Crippen LogP contribution in [0.5, 0.6) is 0 Å². The first kappa shape index (κ1) is 15.4. The van der Waals surface area contributed by atoms with Gasteiger partial charge in [0.2, 0.25) is 0 Å². The standard InChI is InChI=1S/C11H22O5/c1-8(16-7-9(13)6-12)10(14)5-11(2,3)15-4/h9-10,12-14H,1,5-7H2,2-4H3. The molecule has 0 aliphatic heterocycles. The van der Waals surface area contributed by atoms with Gasteiger partial charge in [-0.15, -0.1) is 0 Å². The van der Waals surface area contributed by atoms with Gasteiger partial charge in [0.25, 0.3) is 0 Å². The topological polar surface area (TPSA) is 79.2 Å². The van der Waals surface area contributed by atoms with E-state index < -0.39 is 17.8 Å². The third-order valence-corrected chi connectivity index (χ3v) is 2.28. The molecule has 16 heavy (non-hydrogen) atoms. The van der Waals surface area contributed by atoms with Crippen molar-refractivity contribution in [3.63, 3.8) is 0 Å². The van der Waals surface area contributed by atoms with E-state index in [0.717, 1.165) is 0 Å². The molecule has 0 aliphatic carbocycles. The second-order valence-corrected chi connectivity index (χ2v) is 4.30. The summed E-state index contributed by atoms with van der Waals surface area (Å²) >= 11 is 0. The van der Waals surface area contributed by atoms with Crippen LogP contribution in [0.1, 0.15) is 20.3 Å². The van der Waals surface area contributed by atoms with Crippen LogP contribution >= 0.6 is 0 Å². The highest BCUT2D eigenvalue weighted by molar-refractivity contribution is 4.95. The maximum Gasteiger partial charge on any atom is 0.118 e. The highest BCUT2D eigenvalue weighted by atomic mass is 16.5. The summed E-state index contributed by atoms with van der Waals surface area (Å²) in [6, 6.07) is 0. The monoisotopic (exact) mass is 234 g/mol. The van der Waals surface area contributed by atoms with Gasteiger partial charge in [-0.3, -0.25) is 0 Å². The van der Waals surface area contributed by atoms with Gasteiger partial charge in [0.1, 0.15) is 24.6 Å². The molecule has 0 heterocycles. The fraction of sp³-hybridized carbons (Fsp3) is 0.818. The van der Waals surface area contributed by atoms with Crippen LogP contribution in [0.25, 0.3) is 0 Å². The summed E-state index contributed by atoms with van der Waals surface area (Å²) in [4.78, 5) is 0. The van der Waals surface area contributed by atoms with Crippen molar-refractivity contribution in [2.75, 3.05) is 20.3 Å². The molecule has 0 aliphatic rings. The number of hydrogen-bond acceptors (Lipinski definition) is 5. The van der Waals surface area contributed by atoms with Gasteiger partial charge < -0.3 is 24.8 Å². The Labute approximate surface area is 96.3 Å². The van der Waals surface area contributed by atoms with Crippen LogP contribution in [-0.4, -0.2) is 53.5 Å². The zero-order chi connectivity index (χ0) is 12.8. The van der Waals surface area contributed by atoms with Crippen LogP contribution in [0.3, 0.4) is 0 Å². The summed E-state index contributed by atoms with van der Waals surface area (Å²) < 4.78 is 10.2. The molecule has 0 amide bonds. The molecule has 5 heteroatoms. The lowest BCUT2D eigenvalue weighted by Crippen LogP contribution is -2.31. The van der Waals surface area contributed by atoms with Crippen LogP contribution in [-0.2, 0) is 9.47 Å². The number of aliphatic hydroxyl groups is 3. The van der Waals surface area contributed by atoms with E-state index in [-0.39, 0.29) is 19.0 Å². The lowest BCUT2D eigenvalue weighted by molar-refractivity contribution is -0.0329. The zero-order valence-electron chi connectivity index (χ0n) is 10.1. The number of methoxy groups -OCH3 is 1. The molecule has 5 nitrogen and oxygen atoms in total. The van der Waals surface area contributed by atoms with Crippen LogP contribution < -0.4 is 0 Å². The Morgan fingerprint density at radius 1 is 1.38 bits per heavy atom. The van der Waals surface area contributed by atoms with Crippen molar-refractivity contribution >= 4 is 0 Å². The van der Waals surface area contributed by atoms with Crippen molar-refractivity contribution in [3.05, 3.63) is 12.3 Å². The second kappa shape index (κ2) is 6.85. The molecule has 0 aromatic carbocycles. The SMILES string of the molecule is C=C(OCC(O)CO)C(O)CC(C)(C)OC. The van der Waals surface area contributed by atoms with E-state index >= 15 is 0 Å². The Bertz CT molecular complexity index is 214. The van der Waals surface area contributed by atoms with Gasteiger partial charge in [0.05, 0.1) is 12.2 Å². The van der Waals surface area contributed by atoms with E-state index in [1.54, 1.807) is 7.11 Å². The number of ether oxygens (including phenoxy) is 2. The van der Waals surface area contributed by atoms with E-state index in [1.165, 1.54) is 0 Å². The molecule has 0 radical (unpaired) electrons. The molecule has 0 rings (SSSR count). The Hall–Kier alpha value is -0.620. The quantitative estimate of drug-likeness (QED) is 0.517. The second-order valence-electron chi connectivity index (χ2n) is 4.30. The van der Waals surface area contributed by atoms with Crippen molar-refractivity contribution in [1.82, 2.24) is 0 Å². The van der Waals surface area contributed by atoms with E-state index in [9.17, 15) is 5.11 Å². The number of aliphatic hydroxyl groups excluding tert-OH is 3. The van der Waals surface area contributed by atoms with Gasteiger partial charge in [-0.05, 0) is 13.8 Å². The summed E-state index contributed by atoms with van der Waals surface area (Å²) in [7, 11) is 1.56. The Kier molecular flexibility index (Phi) is 6.59. The molecule has 0 aromatic rings. The summed E-state index contributed by atoms with van der Waals surface area (Å²) in [6.07, 6.45) is -1.47. The van der Waals surface area contributed by atoms with Crippen LogP contribution in [0.15, 0.2) is 12.3 Å². The fourth-order valence-corrected chi connectivity index (χ4v) is 1.01. The normalized spacial score (nSPS) is 15.6. The van der Waals surface area contributed by atoms with Gasteiger partial charge in [-0.2, -0.15) is 0 Å². The summed E-state index contributed by atoms with van der Waals surface area (Å²) in [6.45, 7) is 6.77. The Balaban J connectivity index is 4.00. The first-order chi connectivity index (χ1) is 7.32. The van der Waals surface area contributed by atoms with Crippen LogP contribution in [0.4, 0.5) is 0 Å². The highest BCUT2D eigenvalue weighted by Crippen LogP contribution is 2.19. The molecule has 2 atom stereocenters. The van der Waals surface area contributed by atoms with Crippen molar-refractivity contribution in [3.8, 4) is 0 Å². The smallest absolute Gasteiger partial charge is 0.118 e. The first-order valence-electron chi connectivity index (χ1n) is 5.16. The third-order valence-electron chi connectivity index (χ3n) is 2.28. The molecule has 0 aromatic heterocycles. The van der Waals surface area contributed by atoms with Crippen molar-refractivity contribution in [2.24, 2.45) is 0 Å². The lowest BCUT2D eigenvalue weighted by atomic mass is 10.00. The predicted molar refractivity (Wildman–Crippen MR) is 59.9 cm³/mol. The minimum Gasteiger partial charge on any atom is -0.493 e. The molecular weight excluding hydrogens is 212 g/mol. The molecular formula is C11H22O5. The third kappa shape index (κ3) is 6.07. The molecule has 96 valence electrons. The van der Waals surface area contributed by atoms with Gasteiger partial charge in [-0.1, -0.05) is 6.58 Å². The van der Waals surface area contributed by atoms with E-state index in [1.807, 2.05) is 13.8 Å². The van der Waals surface area contributed by atoms with Crippen molar-refractivity contribution < 1.29 is 24.8 Å². The van der Waals surface area contributed by atoms with Gasteiger partial charge in [0.15, 0.2) is 0 Å². The largest absolute Gasteiger partial charge is 0.493 e. The first-order valence-corrected chi connectivity index (χ1v) is 5.16. The van der Waals surface area contributed by atoms with Gasteiger partial charge in [-0.25, -0.2) is 0 Å². The minimum atomic E-state index is -0.959. The Morgan fingerprint density at radius 2 is 1.94 bits per heavy atom. The average Bonchev–Trinajstić information content (AvgIpc) is 2.24. The molecule has 0 fully saturated rings. The molecule has 0 spiro atoms. The number of rotatable bonds is 8. The highest BCUT2D eigenvalue weighted by Gasteiger charge is 2.24. The number of hydrogen-bond donors (Lipinski definition) is 3. The molecule has 2 unspecified atom stereocenters. The van der Waals surface area contributed by atoms with E-state index in [0.29, 0.717) is 6.42 Å². The summed E-state index contributed by atoms with van der Waals surface area (Å²) in [5.41, 5.74) is -0.471. The molecule has 0 bridgehead atoms. The van der Waals surface area contributed by atoms with Crippen molar-refractivity contribution in [2.45, 2.75) is 38.1 Å². The lowest BCUT2D eigenvalue weighted by Gasteiger charge is -2.26. The molecule has 0 saturated carbocycles. The maximum atomic E-state index is 9.72. The Morgan fingerprint density at radius 3 is 2.38 bits per heavy atom. The summed E-state index contributed by atoms with van der Waals surface area (Å²) in [5, 5.41) is 27.3. The van der Waals surface area contributed by atoms with Gasteiger partial charge >= 0.3 is 0 Å². The van der Waals surface area contributed by atoms with Crippen LogP contribution in [0.2, 0.25) is 0 Å². The van der Waals surface area contributed by atoms with Crippen molar-refractivity contribution in [1.29, 1.82) is 0 Å². The van der Waals surface area contributed by atoms with Crippen LogP contribution in [0, 0.1) is 0 Å². The molecule has 0 saturated heterocycles. The van der Waals surface area contributed by atoms with E-state index in [2.05, 4.69) is 6.58 Å². The molecule has 3 N–H and O–H groups in total. The predicted octanol–water partition coefficient (Wildman–Crippen LogP) is 0.0459. The minimum absolute atomic E-state index is 0.0835. The average molecular weight is 234 g/mol. The maximum absolute atomic E-state index is 9.72. The van der Waals surface area contributed by atoms with Gasteiger partial charge in [0, 0.05) is 13.5 Å². The fourth-order valence-electron chi connectivity index (χ4n) is 1.01. The zero-order valence-corrected chi connectivity index (χ0v) is 10.1. The summed E-state index contributed by atoms with van der Waals surface area (Å²) in [5.74, 6) is 0.164. The van der Waals surface area contributed by atoms with E-state index in [4.69, 9.17) is 19.7 Å².